The van der Waals surface area contributed by atoms with E-state index in [1.54, 1.807) is 6.08 Å². The van der Waals surface area contributed by atoms with Gasteiger partial charge in [0.05, 0.1) is 0 Å². The highest BCUT2D eigenvalue weighted by atomic mass is 16.1. The second-order valence-electron chi connectivity index (χ2n) is 6.49. The molecule has 1 nitrogen and oxygen atoms in total. The van der Waals surface area contributed by atoms with Gasteiger partial charge in [-0.15, -0.1) is 0 Å². The quantitative estimate of drug-likeness (QED) is 0.554. The summed E-state index contributed by atoms with van der Waals surface area (Å²) >= 11 is 0. The van der Waals surface area contributed by atoms with Gasteiger partial charge in [0, 0.05) is 6.08 Å². The van der Waals surface area contributed by atoms with Gasteiger partial charge in [-0.1, -0.05) is 77.6 Å². The first-order chi connectivity index (χ1) is 9.33. The van der Waals surface area contributed by atoms with Crippen molar-refractivity contribution in [3.63, 3.8) is 0 Å². The Hall–Kier alpha value is -0.550. The summed E-state index contributed by atoms with van der Waals surface area (Å²) in [6.45, 7) is 2.41. The maximum absolute atomic E-state index is 10.6. The van der Waals surface area contributed by atoms with Crippen LogP contribution in [-0.4, -0.2) is 5.94 Å². The Morgan fingerprint density at radius 3 is 1.68 bits per heavy atom. The van der Waals surface area contributed by atoms with E-state index < -0.39 is 0 Å². The van der Waals surface area contributed by atoms with E-state index in [-0.39, 0.29) is 0 Å². The van der Waals surface area contributed by atoms with Crippen LogP contribution in [0.1, 0.15) is 90.4 Å². The van der Waals surface area contributed by atoms with Crippen LogP contribution in [0.4, 0.5) is 0 Å². The van der Waals surface area contributed by atoms with Crippen molar-refractivity contribution in [3.8, 4) is 0 Å². The first-order valence-electron chi connectivity index (χ1n) is 8.54. The predicted molar refractivity (Wildman–Crippen MR) is 82.9 cm³/mol. The summed E-state index contributed by atoms with van der Waals surface area (Å²) in [5, 5.41) is 0. The molecule has 1 aliphatic carbocycles. The molecule has 0 heterocycles. The largest absolute Gasteiger partial charge is 0.234 e. The van der Waals surface area contributed by atoms with Gasteiger partial charge in [0.2, 0.25) is 0 Å². The Bertz CT molecular complexity index is 252. The Balaban J connectivity index is 2.33. The third kappa shape index (κ3) is 9.05. The standard InChI is InChI=1S/C18H32O/c1-17-11-7-4-2-3-5-9-13-18(15-16-19)14-10-6-8-12-17/h15,17-18H,2-14H2,1H3. The highest BCUT2D eigenvalue weighted by Crippen LogP contribution is 2.22. The zero-order chi connectivity index (χ0) is 13.8. The summed E-state index contributed by atoms with van der Waals surface area (Å²) in [4.78, 5) is 10.6. The Morgan fingerprint density at radius 2 is 1.16 bits per heavy atom. The number of rotatable bonds is 1. The van der Waals surface area contributed by atoms with Crippen molar-refractivity contribution in [3.05, 3.63) is 6.08 Å². The van der Waals surface area contributed by atoms with Gasteiger partial charge in [0.1, 0.15) is 5.94 Å². The van der Waals surface area contributed by atoms with Crippen molar-refractivity contribution >= 4 is 5.94 Å². The molecule has 0 aromatic carbocycles. The van der Waals surface area contributed by atoms with Crippen LogP contribution in [0.5, 0.6) is 0 Å². The normalized spacial score (nSPS) is 28.7. The molecule has 1 aliphatic rings. The minimum Gasteiger partial charge on any atom is -0.234 e. The zero-order valence-electron chi connectivity index (χ0n) is 12.8. The highest BCUT2D eigenvalue weighted by Gasteiger charge is 2.07. The van der Waals surface area contributed by atoms with E-state index in [1.807, 2.05) is 5.94 Å². The van der Waals surface area contributed by atoms with Gasteiger partial charge in [-0.25, -0.2) is 4.79 Å². The lowest BCUT2D eigenvalue weighted by Crippen LogP contribution is -1.98. The fourth-order valence-electron chi connectivity index (χ4n) is 3.23. The lowest BCUT2D eigenvalue weighted by Gasteiger charge is -2.12. The molecular formula is C18H32O. The lowest BCUT2D eigenvalue weighted by atomic mass is 9.93. The predicted octanol–water partition coefficient (Wildman–Crippen LogP) is 5.71. The number of allylic oxidation sites excluding steroid dienone is 1. The summed E-state index contributed by atoms with van der Waals surface area (Å²) in [5.74, 6) is 3.43. The summed E-state index contributed by atoms with van der Waals surface area (Å²) in [7, 11) is 0. The second-order valence-corrected chi connectivity index (χ2v) is 6.49. The molecule has 1 heteroatoms. The van der Waals surface area contributed by atoms with Crippen molar-refractivity contribution in [2.75, 3.05) is 0 Å². The summed E-state index contributed by atoms with van der Waals surface area (Å²) < 4.78 is 0. The molecule has 0 bridgehead atoms. The molecule has 0 saturated heterocycles. The Morgan fingerprint density at radius 1 is 0.737 bits per heavy atom. The van der Waals surface area contributed by atoms with Crippen molar-refractivity contribution in [1.82, 2.24) is 0 Å². The zero-order valence-corrected chi connectivity index (χ0v) is 12.8. The van der Waals surface area contributed by atoms with Crippen LogP contribution in [0.25, 0.3) is 0 Å². The molecule has 2 unspecified atom stereocenters. The van der Waals surface area contributed by atoms with Gasteiger partial charge in [-0.2, -0.15) is 0 Å². The summed E-state index contributed by atoms with van der Waals surface area (Å²) in [6, 6.07) is 0. The second kappa shape index (κ2) is 11.3. The smallest absolute Gasteiger partial charge is 0.120 e. The van der Waals surface area contributed by atoms with Crippen LogP contribution in [0.3, 0.4) is 0 Å². The lowest BCUT2D eigenvalue weighted by molar-refractivity contribution is 0.430. The van der Waals surface area contributed by atoms with Gasteiger partial charge < -0.3 is 0 Å². The van der Waals surface area contributed by atoms with Gasteiger partial charge >= 0.3 is 0 Å². The van der Waals surface area contributed by atoms with E-state index in [0.717, 1.165) is 5.92 Å². The van der Waals surface area contributed by atoms with E-state index in [9.17, 15) is 4.79 Å². The number of hydrogen-bond donors (Lipinski definition) is 0. The van der Waals surface area contributed by atoms with Crippen molar-refractivity contribution < 1.29 is 4.79 Å². The molecule has 19 heavy (non-hydrogen) atoms. The van der Waals surface area contributed by atoms with E-state index in [4.69, 9.17) is 0 Å². The molecule has 110 valence electrons. The van der Waals surface area contributed by atoms with Crippen LogP contribution >= 0.6 is 0 Å². The molecular weight excluding hydrogens is 232 g/mol. The Kier molecular flexibility index (Phi) is 9.81. The minimum absolute atomic E-state index is 0.500. The Labute approximate surface area is 119 Å². The molecule has 1 rings (SSSR count). The number of hydrogen-bond acceptors (Lipinski definition) is 1. The minimum atomic E-state index is 0.500. The summed E-state index contributed by atoms with van der Waals surface area (Å²) in [5.41, 5.74) is 0. The molecule has 1 saturated carbocycles. The van der Waals surface area contributed by atoms with Crippen LogP contribution in [-0.2, 0) is 4.79 Å². The molecule has 0 aromatic rings. The molecule has 0 spiro atoms. The monoisotopic (exact) mass is 264 g/mol. The van der Waals surface area contributed by atoms with Crippen LogP contribution in [0.2, 0.25) is 0 Å². The van der Waals surface area contributed by atoms with Crippen molar-refractivity contribution in [2.45, 2.75) is 90.4 Å². The third-order valence-electron chi connectivity index (χ3n) is 4.60. The SMILES string of the molecule is CC1CCCCCCCCC(C=C=O)CCCCC1. The molecule has 0 aliphatic heterocycles. The van der Waals surface area contributed by atoms with Crippen LogP contribution in [0.15, 0.2) is 6.08 Å². The van der Waals surface area contributed by atoms with Gasteiger partial charge in [-0.3, -0.25) is 0 Å². The summed E-state index contributed by atoms with van der Waals surface area (Å²) in [6.07, 6.45) is 19.3. The fraction of sp³-hybridized carbons (Fsp3) is 0.889. The molecule has 0 radical (unpaired) electrons. The topological polar surface area (TPSA) is 17.1 Å². The van der Waals surface area contributed by atoms with E-state index in [0.29, 0.717) is 5.92 Å². The average molecular weight is 264 g/mol. The van der Waals surface area contributed by atoms with E-state index in [2.05, 4.69) is 6.92 Å². The molecule has 0 aromatic heterocycles. The first-order valence-corrected chi connectivity index (χ1v) is 8.54. The average Bonchev–Trinajstić information content (AvgIpc) is 2.41. The highest BCUT2D eigenvalue weighted by molar-refractivity contribution is 5.45. The molecule has 1 fully saturated rings. The third-order valence-corrected chi connectivity index (χ3v) is 4.60. The molecule has 0 N–H and O–H groups in total. The van der Waals surface area contributed by atoms with Gasteiger partial charge in [-0.05, 0) is 24.7 Å². The maximum Gasteiger partial charge on any atom is 0.120 e. The van der Waals surface area contributed by atoms with Gasteiger partial charge in [0.25, 0.3) is 0 Å². The number of carbonyl (C=O) groups excluding carboxylic acids is 1. The van der Waals surface area contributed by atoms with Crippen molar-refractivity contribution in [2.24, 2.45) is 11.8 Å². The molecule has 2 atom stereocenters. The van der Waals surface area contributed by atoms with Gasteiger partial charge in [0.15, 0.2) is 0 Å². The van der Waals surface area contributed by atoms with E-state index in [1.165, 1.54) is 83.5 Å². The van der Waals surface area contributed by atoms with E-state index >= 15 is 0 Å². The molecule has 0 amide bonds. The van der Waals surface area contributed by atoms with Crippen LogP contribution < -0.4 is 0 Å². The van der Waals surface area contributed by atoms with Crippen LogP contribution in [0, 0.1) is 11.8 Å². The fourth-order valence-corrected chi connectivity index (χ4v) is 3.23. The van der Waals surface area contributed by atoms with Crippen molar-refractivity contribution in [1.29, 1.82) is 0 Å². The first kappa shape index (κ1) is 16.5. The maximum atomic E-state index is 10.6.